The van der Waals surface area contributed by atoms with E-state index in [1.165, 1.54) is 0 Å². The summed E-state index contributed by atoms with van der Waals surface area (Å²) in [6.45, 7) is 5.38. The molecule has 0 heterocycles. The lowest BCUT2D eigenvalue weighted by Gasteiger charge is -2.10. The minimum atomic E-state index is -0.386. The third-order valence-electron chi connectivity index (χ3n) is 0.962. The summed E-state index contributed by atoms with van der Waals surface area (Å²) in [6.07, 6.45) is 0. The Hall–Kier alpha value is -1.24. The fourth-order valence-corrected chi connectivity index (χ4v) is 0.383. The van der Waals surface area contributed by atoms with E-state index < -0.39 is 0 Å². The average Bonchev–Trinajstić information content (AvgIpc) is 1.80. The molecule has 0 radical (unpaired) electrons. The van der Waals surface area contributed by atoms with Gasteiger partial charge in [0.2, 0.25) is 5.71 Å². The third kappa shape index (κ3) is 2.35. The minimum absolute atomic E-state index is 0.155. The molecule has 0 unspecified atom stereocenters. The first-order valence-electron chi connectivity index (χ1n) is 2.83. The normalized spacial score (nSPS) is 12.1. The molecule has 0 bridgehead atoms. The molecule has 4 heteroatoms. The molecule has 0 aromatic carbocycles. The van der Waals surface area contributed by atoms with Crippen molar-refractivity contribution in [3.05, 3.63) is 10.2 Å². The van der Waals surface area contributed by atoms with Gasteiger partial charge in [0.05, 0.1) is 0 Å². The van der Waals surface area contributed by atoms with Crippen LogP contribution in [0.25, 0.3) is 5.01 Å². The lowest BCUT2D eigenvalue weighted by Crippen LogP contribution is -2.18. The Kier molecular flexibility index (Phi) is 2.68. The fourth-order valence-electron chi connectivity index (χ4n) is 0.383. The molecule has 0 aromatic heterocycles. The van der Waals surface area contributed by atoms with E-state index in [0.29, 0.717) is 0 Å². The van der Waals surface area contributed by atoms with E-state index >= 15 is 0 Å². The van der Waals surface area contributed by atoms with Gasteiger partial charge in [-0.25, -0.2) is 0 Å². The zero-order valence-corrected chi connectivity index (χ0v) is 6.25. The van der Waals surface area contributed by atoms with Crippen molar-refractivity contribution in [2.75, 3.05) is 0 Å². The second kappa shape index (κ2) is 3.06. The van der Waals surface area contributed by atoms with Crippen molar-refractivity contribution in [3.63, 3.8) is 0 Å². The summed E-state index contributed by atoms with van der Waals surface area (Å²) in [7, 11) is 0. The molecule has 0 rings (SSSR count). The van der Waals surface area contributed by atoms with Crippen LogP contribution < -0.4 is 0 Å². The summed E-state index contributed by atoms with van der Waals surface area (Å²) >= 11 is 0. The van der Waals surface area contributed by atoms with E-state index in [1.54, 1.807) is 20.8 Å². The predicted molar refractivity (Wildman–Crippen MR) is 39.3 cm³/mol. The number of rotatable bonds is 0. The molecule has 1 N–H and O–H groups in total. The van der Waals surface area contributed by atoms with Crippen LogP contribution in [0, 0.1) is 16.7 Å². The van der Waals surface area contributed by atoms with Gasteiger partial charge >= 0.3 is 6.07 Å². The van der Waals surface area contributed by atoms with Crippen LogP contribution >= 0.6 is 0 Å². The van der Waals surface area contributed by atoms with Gasteiger partial charge in [-0.1, -0.05) is 25.9 Å². The van der Waals surface area contributed by atoms with Crippen molar-refractivity contribution >= 4 is 5.71 Å². The van der Waals surface area contributed by atoms with Crippen molar-refractivity contribution in [2.24, 2.45) is 10.6 Å². The van der Waals surface area contributed by atoms with Crippen molar-refractivity contribution in [1.29, 1.82) is 0 Å². The highest BCUT2D eigenvalue weighted by atomic mass is 16.4. The molecule has 0 atom stereocenters. The Bertz CT molecular complexity index is 192. The first-order valence-corrected chi connectivity index (χ1v) is 2.83. The van der Waals surface area contributed by atoms with Crippen LogP contribution in [0.2, 0.25) is 0 Å². The highest BCUT2D eigenvalue weighted by molar-refractivity contribution is 6.02. The number of oxime groups is 1. The summed E-state index contributed by atoms with van der Waals surface area (Å²) in [6, 6.07) is 2.04. The molecule has 0 aliphatic rings. The van der Waals surface area contributed by atoms with Crippen LogP contribution in [0.5, 0.6) is 0 Å². The largest absolute Gasteiger partial charge is 0.498 e. The van der Waals surface area contributed by atoms with Gasteiger partial charge in [0.15, 0.2) is 0 Å². The molecule has 56 valence electrons. The van der Waals surface area contributed by atoms with Crippen molar-refractivity contribution in [2.45, 2.75) is 20.8 Å². The summed E-state index contributed by atoms with van der Waals surface area (Å²) in [5.41, 5.74) is -0.231. The van der Waals surface area contributed by atoms with Crippen LogP contribution in [0.3, 0.4) is 0 Å². The molecule has 10 heavy (non-hydrogen) atoms. The van der Waals surface area contributed by atoms with Crippen LogP contribution in [0.1, 0.15) is 20.8 Å². The lowest BCUT2D eigenvalue weighted by atomic mass is 9.91. The van der Waals surface area contributed by atoms with Crippen molar-refractivity contribution in [3.8, 4) is 6.07 Å². The Morgan fingerprint density at radius 3 is 2.20 bits per heavy atom. The Labute approximate surface area is 59.6 Å². The molecule has 0 saturated heterocycles. The molecular weight excluding hydrogens is 132 g/mol. The topological polar surface area (TPSA) is 60.0 Å². The summed E-state index contributed by atoms with van der Waals surface area (Å²) in [5.74, 6) is 0. The SMILES string of the molecule is CC(C)(C)/C(C#[N+][O-])=N/O. The number of nitrogens with zero attached hydrogens (tertiary/aromatic N) is 2. The Balaban J connectivity index is 4.51. The molecule has 0 spiro atoms. The highest BCUT2D eigenvalue weighted by Crippen LogP contribution is 2.14. The summed E-state index contributed by atoms with van der Waals surface area (Å²) in [5, 5.41) is 23.2. The molecule has 0 fully saturated rings. The van der Waals surface area contributed by atoms with Gasteiger partial charge in [-0.05, 0) is 0 Å². The quantitative estimate of drug-likeness (QED) is 0.318. The molecule has 0 aromatic rings. The minimum Gasteiger partial charge on any atom is -0.498 e. The third-order valence-corrected chi connectivity index (χ3v) is 0.962. The second-order valence-electron chi connectivity index (χ2n) is 2.90. The summed E-state index contributed by atoms with van der Waals surface area (Å²) in [4.78, 5) is 0. The maximum atomic E-state index is 9.67. The number of hydrogen-bond donors (Lipinski definition) is 1. The highest BCUT2D eigenvalue weighted by Gasteiger charge is 2.22. The lowest BCUT2D eigenvalue weighted by molar-refractivity contribution is 0.312. The molecular formula is C6H10N2O2. The van der Waals surface area contributed by atoms with Gasteiger partial charge in [-0.3, -0.25) is 0 Å². The smallest absolute Gasteiger partial charge is 0.356 e. The first kappa shape index (κ1) is 8.76. The fraction of sp³-hybridized carbons (Fsp3) is 0.667. The van der Waals surface area contributed by atoms with Crippen LogP contribution in [-0.2, 0) is 0 Å². The average molecular weight is 142 g/mol. The van der Waals surface area contributed by atoms with Crippen LogP contribution in [0.4, 0.5) is 0 Å². The van der Waals surface area contributed by atoms with Gasteiger partial charge < -0.3 is 10.4 Å². The Morgan fingerprint density at radius 2 is 2.10 bits per heavy atom. The molecule has 0 aliphatic heterocycles. The first-order chi connectivity index (χ1) is 4.52. The van der Waals surface area contributed by atoms with E-state index in [2.05, 4.69) is 10.2 Å². The number of hydrogen-bond acceptors (Lipinski definition) is 3. The maximum absolute atomic E-state index is 9.67. The van der Waals surface area contributed by atoms with Gasteiger partial charge in [-0.15, -0.1) is 0 Å². The van der Waals surface area contributed by atoms with Crippen molar-refractivity contribution < 1.29 is 5.21 Å². The predicted octanol–water partition coefficient (Wildman–Crippen LogP) is 1.69. The van der Waals surface area contributed by atoms with Gasteiger partial charge in [0, 0.05) is 10.4 Å². The van der Waals surface area contributed by atoms with E-state index in [9.17, 15) is 5.21 Å². The van der Waals surface area contributed by atoms with Gasteiger partial charge in [-0.2, -0.15) is 0 Å². The summed E-state index contributed by atoms with van der Waals surface area (Å²) < 4.78 is 0. The van der Waals surface area contributed by atoms with Crippen molar-refractivity contribution in [1.82, 2.24) is 0 Å². The van der Waals surface area contributed by atoms with Crippen LogP contribution in [0.15, 0.2) is 5.16 Å². The van der Waals surface area contributed by atoms with Gasteiger partial charge in [0.25, 0.3) is 0 Å². The zero-order valence-electron chi connectivity index (χ0n) is 6.25. The molecule has 0 amide bonds. The molecule has 0 saturated carbocycles. The molecule has 4 nitrogen and oxygen atoms in total. The van der Waals surface area contributed by atoms with Crippen LogP contribution in [-0.4, -0.2) is 10.9 Å². The van der Waals surface area contributed by atoms with E-state index in [1.807, 2.05) is 6.07 Å². The Morgan fingerprint density at radius 1 is 1.60 bits per heavy atom. The monoisotopic (exact) mass is 142 g/mol. The van der Waals surface area contributed by atoms with Gasteiger partial charge in [0.1, 0.15) is 0 Å². The van der Waals surface area contributed by atoms with E-state index in [0.717, 1.165) is 0 Å². The molecule has 0 aliphatic carbocycles. The zero-order chi connectivity index (χ0) is 8.20. The second-order valence-corrected chi connectivity index (χ2v) is 2.90. The van der Waals surface area contributed by atoms with E-state index in [4.69, 9.17) is 5.21 Å². The maximum Gasteiger partial charge on any atom is 0.356 e. The van der Waals surface area contributed by atoms with E-state index in [-0.39, 0.29) is 11.1 Å². The standard InChI is InChI=1S/C6H10N2O2/c1-6(2,3)5(8-10)4-7-9/h10H,1-3H3/b8-5+.